The molecule has 1 aromatic carbocycles. The van der Waals surface area contributed by atoms with Crippen LogP contribution in [0.1, 0.15) is 38.7 Å². The molecule has 0 radical (unpaired) electrons. The second-order valence-electron chi connectivity index (χ2n) is 7.06. The molecule has 0 unspecified atom stereocenters. The molecule has 25 heavy (non-hydrogen) atoms. The first kappa shape index (κ1) is 19.9. The summed E-state index contributed by atoms with van der Waals surface area (Å²) in [6, 6.07) is 6.77. The second-order valence-corrected chi connectivity index (χ2v) is 8.62. The zero-order chi connectivity index (χ0) is 18.4. The van der Waals surface area contributed by atoms with Crippen molar-refractivity contribution in [2.75, 3.05) is 13.1 Å². The number of hydrogen-bond donors (Lipinski definition) is 3. The van der Waals surface area contributed by atoms with Gasteiger partial charge in [0.25, 0.3) is 0 Å². The summed E-state index contributed by atoms with van der Waals surface area (Å²) in [5, 5.41) is 11.4. The molecular formula is C18H29N3O3S. The van der Waals surface area contributed by atoms with Gasteiger partial charge in [-0.3, -0.25) is 4.79 Å². The van der Waals surface area contributed by atoms with Crippen molar-refractivity contribution in [1.82, 2.24) is 10.6 Å². The van der Waals surface area contributed by atoms with Gasteiger partial charge >= 0.3 is 0 Å². The highest BCUT2D eigenvalue weighted by molar-refractivity contribution is 7.89. The molecule has 7 heteroatoms. The van der Waals surface area contributed by atoms with E-state index in [2.05, 4.69) is 24.5 Å². The van der Waals surface area contributed by atoms with Crippen molar-refractivity contribution in [3.8, 4) is 0 Å². The maximum absolute atomic E-state index is 12.1. The van der Waals surface area contributed by atoms with Gasteiger partial charge in [0, 0.05) is 6.04 Å². The van der Waals surface area contributed by atoms with Crippen LogP contribution in [0, 0.1) is 11.8 Å². The van der Waals surface area contributed by atoms with Crippen molar-refractivity contribution in [3.05, 3.63) is 29.8 Å². The number of nitrogens with one attached hydrogen (secondary N) is 2. The minimum absolute atomic E-state index is 0.0375. The molecule has 1 saturated carbocycles. The molecule has 140 valence electrons. The number of sulfonamides is 1. The molecule has 1 aliphatic carbocycles. The molecule has 0 saturated heterocycles. The molecule has 2 rings (SSSR count). The van der Waals surface area contributed by atoms with Crippen LogP contribution in [0.15, 0.2) is 29.2 Å². The van der Waals surface area contributed by atoms with Crippen LogP contribution < -0.4 is 15.8 Å². The van der Waals surface area contributed by atoms with Gasteiger partial charge in [-0.25, -0.2) is 13.6 Å². The fourth-order valence-corrected chi connectivity index (χ4v) is 3.84. The van der Waals surface area contributed by atoms with Crippen LogP contribution in [-0.2, 0) is 21.2 Å². The third-order valence-electron chi connectivity index (χ3n) is 5.18. The van der Waals surface area contributed by atoms with Crippen LogP contribution in [0.25, 0.3) is 0 Å². The van der Waals surface area contributed by atoms with E-state index in [4.69, 9.17) is 5.14 Å². The monoisotopic (exact) mass is 367 g/mol. The zero-order valence-electron chi connectivity index (χ0n) is 15.0. The van der Waals surface area contributed by atoms with Crippen molar-refractivity contribution in [2.24, 2.45) is 17.0 Å². The van der Waals surface area contributed by atoms with Gasteiger partial charge in [0.15, 0.2) is 0 Å². The minimum Gasteiger partial charge on any atom is -0.352 e. The summed E-state index contributed by atoms with van der Waals surface area (Å²) in [5.74, 6) is 1.22. The summed E-state index contributed by atoms with van der Waals surface area (Å²) < 4.78 is 22.4. The van der Waals surface area contributed by atoms with Gasteiger partial charge in [-0.1, -0.05) is 38.8 Å². The Bertz CT molecular complexity index is 673. The highest BCUT2D eigenvalue weighted by Crippen LogP contribution is 2.29. The molecule has 0 bridgehead atoms. The lowest BCUT2D eigenvalue weighted by atomic mass is 9.78. The van der Waals surface area contributed by atoms with Crippen LogP contribution >= 0.6 is 0 Å². The molecule has 0 aliphatic heterocycles. The van der Waals surface area contributed by atoms with E-state index in [1.165, 1.54) is 25.0 Å². The van der Waals surface area contributed by atoms with Crippen molar-refractivity contribution in [3.63, 3.8) is 0 Å². The van der Waals surface area contributed by atoms with Gasteiger partial charge in [-0.15, -0.1) is 0 Å². The highest BCUT2D eigenvalue weighted by Gasteiger charge is 2.27. The van der Waals surface area contributed by atoms with Gasteiger partial charge in [-0.05, 0) is 48.9 Å². The van der Waals surface area contributed by atoms with E-state index in [1.54, 1.807) is 12.1 Å². The Morgan fingerprint density at radius 3 is 2.52 bits per heavy atom. The number of benzene rings is 1. The number of nitrogens with two attached hydrogens (primary N) is 1. The predicted octanol–water partition coefficient (Wildman–Crippen LogP) is 1.41. The van der Waals surface area contributed by atoms with E-state index < -0.39 is 10.0 Å². The molecule has 1 aromatic rings. The topological polar surface area (TPSA) is 101 Å². The molecule has 1 aliphatic rings. The van der Waals surface area contributed by atoms with Crippen LogP contribution in [0.3, 0.4) is 0 Å². The van der Waals surface area contributed by atoms with Gasteiger partial charge in [-0.2, -0.15) is 0 Å². The smallest absolute Gasteiger partial charge is 0.238 e. The Balaban J connectivity index is 1.69. The number of carbonyl (C=O) groups is 1. The van der Waals surface area contributed by atoms with Gasteiger partial charge in [0.05, 0.1) is 11.4 Å². The van der Waals surface area contributed by atoms with Gasteiger partial charge < -0.3 is 10.6 Å². The van der Waals surface area contributed by atoms with E-state index in [0.717, 1.165) is 18.4 Å². The number of hydrogen-bond acceptors (Lipinski definition) is 4. The normalized spacial score (nSPS) is 24.0. The van der Waals surface area contributed by atoms with Crippen molar-refractivity contribution >= 4 is 15.9 Å². The van der Waals surface area contributed by atoms with Crippen LogP contribution in [0.2, 0.25) is 0 Å². The second kappa shape index (κ2) is 8.78. The van der Waals surface area contributed by atoms with Crippen LogP contribution in [0.4, 0.5) is 0 Å². The fraction of sp³-hybridized carbons (Fsp3) is 0.611. The lowest BCUT2D eigenvalue weighted by Crippen LogP contribution is -2.46. The number of rotatable bonds is 7. The van der Waals surface area contributed by atoms with Crippen LogP contribution in [0.5, 0.6) is 0 Å². The maximum Gasteiger partial charge on any atom is 0.238 e. The van der Waals surface area contributed by atoms with Crippen LogP contribution in [-0.4, -0.2) is 33.5 Å². The molecule has 4 N–H and O–H groups in total. The zero-order valence-corrected chi connectivity index (χ0v) is 15.8. The molecular weight excluding hydrogens is 338 g/mol. The van der Waals surface area contributed by atoms with Crippen molar-refractivity contribution in [1.29, 1.82) is 0 Å². The molecule has 0 heterocycles. The van der Waals surface area contributed by atoms with E-state index in [-0.39, 0.29) is 16.8 Å². The summed E-state index contributed by atoms with van der Waals surface area (Å²) >= 11 is 0. The average molecular weight is 368 g/mol. The average Bonchev–Trinajstić information content (AvgIpc) is 2.55. The van der Waals surface area contributed by atoms with E-state index in [0.29, 0.717) is 24.9 Å². The maximum atomic E-state index is 12.1. The highest BCUT2D eigenvalue weighted by atomic mass is 32.2. The number of amides is 1. The molecule has 1 amide bonds. The number of primary sulfonamides is 1. The molecule has 6 nitrogen and oxygen atoms in total. The third kappa shape index (κ3) is 6.09. The quantitative estimate of drug-likeness (QED) is 0.634. The largest absolute Gasteiger partial charge is 0.352 e. The Morgan fingerprint density at radius 1 is 1.20 bits per heavy atom. The lowest BCUT2D eigenvalue weighted by Gasteiger charge is -2.34. The van der Waals surface area contributed by atoms with Gasteiger partial charge in [0.2, 0.25) is 15.9 Å². The van der Waals surface area contributed by atoms with Crippen molar-refractivity contribution in [2.45, 2.75) is 50.5 Å². The fourth-order valence-electron chi connectivity index (χ4n) is 3.32. The standard InChI is InChI=1S/C18H29N3O3S/c1-13-4-3-5-17(14(13)2)21-18(22)12-20-11-10-15-6-8-16(9-7-15)25(19,23)24/h6-9,13-14,17,20H,3-5,10-12H2,1-2H3,(H,21,22)(H2,19,23,24)/t13-,14+,17+/m0/s1. The predicted molar refractivity (Wildman–Crippen MR) is 98.5 cm³/mol. The van der Waals surface area contributed by atoms with Crippen molar-refractivity contribution < 1.29 is 13.2 Å². The first-order valence-corrected chi connectivity index (χ1v) is 10.4. The molecule has 0 spiro atoms. The lowest BCUT2D eigenvalue weighted by molar-refractivity contribution is -0.121. The Kier molecular flexibility index (Phi) is 6.98. The molecule has 3 atom stereocenters. The Hall–Kier alpha value is -1.44. The third-order valence-corrected chi connectivity index (χ3v) is 6.11. The Morgan fingerprint density at radius 2 is 1.88 bits per heavy atom. The summed E-state index contributed by atoms with van der Waals surface area (Å²) in [5.41, 5.74) is 0.995. The minimum atomic E-state index is -3.65. The summed E-state index contributed by atoms with van der Waals surface area (Å²) in [6.45, 7) is 5.42. The van der Waals surface area contributed by atoms with E-state index in [1.807, 2.05) is 0 Å². The summed E-state index contributed by atoms with van der Waals surface area (Å²) in [7, 11) is -3.65. The summed E-state index contributed by atoms with van der Waals surface area (Å²) in [6.07, 6.45) is 4.21. The molecule has 1 fully saturated rings. The molecule has 0 aromatic heterocycles. The Labute approximate surface area is 150 Å². The van der Waals surface area contributed by atoms with Gasteiger partial charge in [0.1, 0.15) is 0 Å². The first-order valence-electron chi connectivity index (χ1n) is 8.89. The summed E-state index contributed by atoms with van der Waals surface area (Å²) in [4.78, 5) is 12.2. The first-order chi connectivity index (χ1) is 11.8. The SMILES string of the molecule is C[C@@H]1[C@@H](C)CCC[C@H]1NC(=O)CNCCc1ccc(S(N)(=O)=O)cc1. The van der Waals surface area contributed by atoms with E-state index >= 15 is 0 Å². The van der Waals surface area contributed by atoms with E-state index in [9.17, 15) is 13.2 Å². The number of carbonyl (C=O) groups excluding carboxylic acids is 1.